The van der Waals surface area contributed by atoms with Gasteiger partial charge in [-0.25, -0.2) is 4.79 Å². The highest BCUT2D eigenvalue weighted by molar-refractivity contribution is 6.01. The monoisotopic (exact) mass is 360 g/mol. The Bertz CT molecular complexity index is 969. The van der Waals surface area contributed by atoms with Crippen molar-refractivity contribution < 1.29 is 9.21 Å². The molecule has 26 heavy (non-hydrogen) atoms. The lowest BCUT2D eigenvalue weighted by molar-refractivity contribution is 0.0937. The molecule has 0 aliphatic heterocycles. The summed E-state index contributed by atoms with van der Waals surface area (Å²) in [4.78, 5) is 38.5. The topological polar surface area (TPSA) is 103 Å². The number of likely N-dealkylation sites (N-methyl/N-ethyl adjacent to an activating group) is 1. The quantitative estimate of drug-likeness (QED) is 0.761. The molecule has 2 atom stereocenters. The smallest absolute Gasteiger partial charge is 0.332 e. The highest BCUT2D eigenvalue weighted by Gasteiger charge is 2.36. The lowest BCUT2D eigenvalue weighted by Crippen LogP contribution is -2.43. The Morgan fingerprint density at radius 2 is 1.96 bits per heavy atom. The molecule has 0 radical (unpaired) electrons. The van der Waals surface area contributed by atoms with Crippen LogP contribution in [0.2, 0.25) is 0 Å². The normalized spacial score (nSPS) is 19.1. The van der Waals surface area contributed by atoms with Crippen molar-refractivity contribution in [1.82, 2.24) is 14.0 Å². The second kappa shape index (κ2) is 6.60. The first kappa shape index (κ1) is 18.2. The summed E-state index contributed by atoms with van der Waals surface area (Å²) in [6, 6.07) is 3.90. The summed E-state index contributed by atoms with van der Waals surface area (Å²) in [6.45, 7) is 2.63. The van der Waals surface area contributed by atoms with E-state index in [0.29, 0.717) is 18.4 Å². The van der Waals surface area contributed by atoms with E-state index >= 15 is 0 Å². The summed E-state index contributed by atoms with van der Waals surface area (Å²) in [5, 5.41) is 0. The molecule has 3 rings (SSSR count). The van der Waals surface area contributed by atoms with E-state index in [4.69, 9.17) is 10.2 Å². The molecule has 2 N–H and O–H groups in total. The van der Waals surface area contributed by atoms with Gasteiger partial charge in [-0.1, -0.05) is 6.92 Å². The van der Waals surface area contributed by atoms with Crippen molar-refractivity contribution in [3.05, 3.63) is 50.1 Å². The summed E-state index contributed by atoms with van der Waals surface area (Å²) in [5.74, 6) is 2.39. The number of hydrogen-bond donors (Lipinski definition) is 1. The van der Waals surface area contributed by atoms with Crippen LogP contribution in [-0.4, -0.2) is 33.4 Å². The number of ketones is 1. The zero-order valence-electron chi connectivity index (χ0n) is 15.5. The van der Waals surface area contributed by atoms with Crippen LogP contribution in [0.4, 0.5) is 5.82 Å². The van der Waals surface area contributed by atoms with Gasteiger partial charge in [-0.2, -0.15) is 0 Å². The molecular formula is C18H24N4O4. The standard InChI is InChI=1S/C18H24N4O4/c1-10-7-12(10)14-6-5-11(26-14)8-20(2)9-13(23)15-16(19)21(3)18(25)22(4)17(15)24/h5-6,10,12H,7-9,19H2,1-4H3/t10-,12+/m1/s1. The van der Waals surface area contributed by atoms with Gasteiger partial charge < -0.3 is 10.2 Å². The lowest BCUT2D eigenvalue weighted by Gasteiger charge is -2.16. The van der Waals surface area contributed by atoms with Crippen LogP contribution in [0.15, 0.2) is 26.1 Å². The minimum atomic E-state index is -0.674. The number of carbonyl (C=O) groups excluding carboxylic acids is 1. The predicted molar refractivity (Wildman–Crippen MR) is 97.2 cm³/mol. The number of hydrogen-bond acceptors (Lipinski definition) is 6. The van der Waals surface area contributed by atoms with Gasteiger partial charge in [-0.05, 0) is 31.5 Å². The Labute approximate surface area is 150 Å². The van der Waals surface area contributed by atoms with Crippen LogP contribution in [0.3, 0.4) is 0 Å². The molecule has 0 bridgehead atoms. The number of furan rings is 1. The van der Waals surface area contributed by atoms with Crippen LogP contribution in [0.25, 0.3) is 0 Å². The van der Waals surface area contributed by atoms with E-state index in [1.807, 2.05) is 12.1 Å². The number of aromatic nitrogens is 2. The zero-order chi connectivity index (χ0) is 19.2. The van der Waals surface area contributed by atoms with Gasteiger partial charge >= 0.3 is 5.69 Å². The molecule has 140 valence electrons. The van der Waals surface area contributed by atoms with Crippen LogP contribution >= 0.6 is 0 Å². The van der Waals surface area contributed by atoms with Crippen molar-refractivity contribution in [2.75, 3.05) is 19.3 Å². The first-order chi connectivity index (χ1) is 12.2. The van der Waals surface area contributed by atoms with E-state index in [1.54, 1.807) is 11.9 Å². The minimum absolute atomic E-state index is 0.00644. The van der Waals surface area contributed by atoms with Crippen molar-refractivity contribution >= 4 is 11.6 Å². The molecule has 0 unspecified atom stereocenters. The van der Waals surface area contributed by atoms with Crippen molar-refractivity contribution in [2.24, 2.45) is 20.0 Å². The molecule has 2 aromatic rings. The van der Waals surface area contributed by atoms with Crippen LogP contribution in [0.5, 0.6) is 0 Å². The van der Waals surface area contributed by atoms with Gasteiger partial charge in [0.15, 0.2) is 5.78 Å². The van der Waals surface area contributed by atoms with Gasteiger partial charge in [0, 0.05) is 20.0 Å². The summed E-state index contributed by atoms with van der Waals surface area (Å²) in [6.07, 6.45) is 1.15. The van der Waals surface area contributed by atoms with E-state index < -0.39 is 17.0 Å². The zero-order valence-corrected chi connectivity index (χ0v) is 15.5. The fourth-order valence-electron chi connectivity index (χ4n) is 3.17. The summed E-state index contributed by atoms with van der Waals surface area (Å²) in [7, 11) is 4.52. The fourth-order valence-corrected chi connectivity index (χ4v) is 3.17. The molecule has 0 saturated heterocycles. The number of nitrogens with zero attached hydrogens (tertiary/aromatic N) is 3. The van der Waals surface area contributed by atoms with Crippen LogP contribution in [-0.2, 0) is 20.6 Å². The molecule has 2 aromatic heterocycles. The fraction of sp³-hybridized carbons (Fsp3) is 0.500. The third-order valence-electron chi connectivity index (χ3n) is 4.99. The van der Waals surface area contributed by atoms with Gasteiger partial charge in [0.25, 0.3) is 5.56 Å². The maximum absolute atomic E-state index is 12.6. The number of nitrogens with two attached hydrogens (primary N) is 1. The van der Waals surface area contributed by atoms with Crippen LogP contribution < -0.4 is 17.0 Å². The maximum Gasteiger partial charge on any atom is 0.332 e. The third-order valence-corrected chi connectivity index (χ3v) is 4.99. The maximum atomic E-state index is 12.6. The van der Waals surface area contributed by atoms with Gasteiger partial charge in [-0.3, -0.25) is 23.6 Å². The number of Topliss-reactive ketones (excluding diaryl/α,β-unsaturated/α-hetero) is 1. The molecule has 0 spiro atoms. The van der Waals surface area contributed by atoms with Gasteiger partial charge in [0.05, 0.1) is 13.1 Å². The summed E-state index contributed by atoms with van der Waals surface area (Å²) in [5.41, 5.74) is 4.44. The molecule has 1 fully saturated rings. The minimum Gasteiger partial charge on any atom is -0.464 e. The lowest BCUT2D eigenvalue weighted by atomic mass is 10.2. The van der Waals surface area contributed by atoms with E-state index in [9.17, 15) is 14.4 Å². The van der Waals surface area contributed by atoms with E-state index in [0.717, 1.165) is 27.1 Å². The van der Waals surface area contributed by atoms with Gasteiger partial charge in [0.1, 0.15) is 22.9 Å². The van der Waals surface area contributed by atoms with Crippen LogP contribution in [0.1, 0.15) is 41.1 Å². The first-order valence-corrected chi connectivity index (χ1v) is 8.56. The Kier molecular flexibility index (Phi) is 4.62. The highest BCUT2D eigenvalue weighted by atomic mass is 16.3. The molecule has 8 heteroatoms. The Morgan fingerprint density at radius 3 is 2.58 bits per heavy atom. The number of anilines is 1. The van der Waals surface area contributed by atoms with Crippen molar-refractivity contribution in [3.8, 4) is 0 Å². The van der Waals surface area contributed by atoms with Gasteiger partial charge in [0.2, 0.25) is 0 Å². The Balaban J connectivity index is 1.73. The largest absolute Gasteiger partial charge is 0.464 e. The first-order valence-electron chi connectivity index (χ1n) is 8.56. The summed E-state index contributed by atoms with van der Waals surface area (Å²) < 4.78 is 7.84. The molecule has 0 aromatic carbocycles. The van der Waals surface area contributed by atoms with E-state index in [-0.39, 0.29) is 17.9 Å². The van der Waals surface area contributed by atoms with E-state index in [1.165, 1.54) is 14.1 Å². The van der Waals surface area contributed by atoms with Crippen LogP contribution in [0, 0.1) is 5.92 Å². The predicted octanol–water partition coefficient (Wildman–Crippen LogP) is 0.697. The molecule has 1 saturated carbocycles. The molecule has 8 nitrogen and oxygen atoms in total. The SMILES string of the molecule is C[C@@H]1C[C@@H]1c1ccc(CN(C)CC(=O)c2c(N)n(C)c(=O)n(C)c2=O)o1. The third kappa shape index (κ3) is 3.24. The molecule has 2 heterocycles. The second-order valence-corrected chi connectivity index (χ2v) is 7.19. The van der Waals surface area contributed by atoms with Crippen molar-refractivity contribution in [3.63, 3.8) is 0 Å². The molecule has 1 aliphatic rings. The number of carbonyl (C=O) groups is 1. The number of nitrogen functional groups attached to an aromatic ring is 1. The average Bonchev–Trinajstić information content (AvgIpc) is 3.13. The van der Waals surface area contributed by atoms with Gasteiger partial charge in [-0.15, -0.1) is 0 Å². The Hall–Kier alpha value is -2.61. The second-order valence-electron chi connectivity index (χ2n) is 7.19. The molecule has 1 aliphatic carbocycles. The summed E-state index contributed by atoms with van der Waals surface area (Å²) >= 11 is 0. The average molecular weight is 360 g/mol. The Morgan fingerprint density at radius 1 is 1.31 bits per heavy atom. The highest BCUT2D eigenvalue weighted by Crippen LogP contribution is 2.47. The molecular weight excluding hydrogens is 336 g/mol. The molecule has 0 amide bonds. The number of rotatable bonds is 6. The van der Waals surface area contributed by atoms with Crippen molar-refractivity contribution in [2.45, 2.75) is 25.8 Å². The van der Waals surface area contributed by atoms with E-state index in [2.05, 4.69) is 6.92 Å². The van der Waals surface area contributed by atoms with Crippen molar-refractivity contribution in [1.29, 1.82) is 0 Å².